The van der Waals surface area contributed by atoms with E-state index >= 15 is 0 Å². The van der Waals surface area contributed by atoms with E-state index in [2.05, 4.69) is 37.3 Å². The summed E-state index contributed by atoms with van der Waals surface area (Å²) in [6.45, 7) is 0. The molecular weight excluding hydrogens is 407 g/mol. The zero-order valence-corrected chi connectivity index (χ0v) is 14.4. The molecule has 0 amide bonds. The molecule has 2 aromatic rings. The number of nitrogens with one attached hydrogen (secondary N) is 1. The molecule has 2 aromatic carbocycles. The second-order valence-corrected chi connectivity index (χ2v) is 6.99. The van der Waals surface area contributed by atoms with Gasteiger partial charge in [-0.3, -0.25) is 11.3 Å². The van der Waals surface area contributed by atoms with Crippen LogP contribution in [0.5, 0.6) is 0 Å². The molecule has 0 spiro atoms. The van der Waals surface area contributed by atoms with Gasteiger partial charge in [0, 0.05) is 20.7 Å². The van der Waals surface area contributed by atoms with Crippen LogP contribution < -0.4 is 11.3 Å². The van der Waals surface area contributed by atoms with Crippen LogP contribution >= 0.6 is 43.6 Å². The van der Waals surface area contributed by atoms with E-state index in [4.69, 9.17) is 5.84 Å². The van der Waals surface area contributed by atoms with Crippen LogP contribution in [0.2, 0.25) is 0 Å². The molecule has 0 saturated heterocycles. The summed E-state index contributed by atoms with van der Waals surface area (Å²) in [6.07, 6.45) is 0. The van der Waals surface area contributed by atoms with E-state index in [9.17, 15) is 4.39 Å². The molecule has 20 heavy (non-hydrogen) atoms. The largest absolute Gasteiger partial charge is 0.271 e. The first-order valence-corrected chi connectivity index (χ1v) is 8.47. The molecule has 0 radical (unpaired) electrons. The number of hydrogen-bond acceptors (Lipinski definition) is 3. The van der Waals surface area contributed by atoms with Gasteiger partial charge in [0.15, 0.2) is 0 Å². The third-order valence-electron chi connectivity index (χ3n) is 2.79. The summed E-state index contributed by atoms with van der Waals surface area (Å²) >= 11 is 8.21. The van der Waals surface area contributed by atoms with Crippen molar-refractivity contribution in [2.75, 3.05) is 5.75 Å². The van der Waals surface area contributed by atoms with Crippen LogP contribution in [-0.2, 0) is 0 Å². The minimum Gasteiger partial charge on any atom is -0.271 e. The molecule has 0 fully saturated rings. The van der Waals surface area contributed by atoms with Crippen molar-refractivity contribution in [1.82, 2.24) is 5.43 Å². The molecule has 0 aliphatic carbocycles. The predicted octanol–water partition coefficient (Wildman–Crippen LogP) is 4.65. The molecule has 2 nitrogen and oxygen atoms in total. The van der Waals surface area contributed by atoms with Crippen LogP contribution in [0.4, 0.5) is 4.39 Å². The first kappa shape index (κ1) is 16.0. The Bertz CT molecular complexity index is 578. The van der Waals surface area contributed by atoms with Crippen LogP contribution in [0.15, 0.2) is 56.3 Å². The number of hydrogen-bond donors (Lipinski definition) is 2. The Balaban J connectivity index is 2.09. The van der Waals surface area contributed by atoms with Gasteiger partial charge in [-0.1, -0.05) is 28.1 Å². The Labute approximate surface area is 138 Å². The van der Waals surface area contributed by atoms with Crippen molar-refractivity contribution in [1.29, 1.82) is 0 Å². The van der Waals surface area contributed by atoms with Gasteiger partial charge < -0.3 is 0 Å². The van der Waals surface area contributed by atoms with E-state index in [0.29, 0.717) is 15.8 Å². The minimum atomic E-state index is -0.271. The maximum Gasteiger partial charge on any atom is 0.142 e. The highest BCUT2D eigenvalue weighted by Gasteiger charge is 2.16. The smallest absolute Gasteiger partial charge is 0.142 e. The summed E-state index contributed by atoms with van der Waals surface area (Å²) in [5.74, 6) is 5.93. The lowest BCUT2D eigenvalue weighted by molar-refractivity contribution is 0.543. The number of halogens is 3. The molecule has 0 aliphatic rings. The third kappa shape index (κ3) is 4.05. The molecule has 0 bridgehead atoms. The van der Waals surface area contributed by atoms with E-state index in [1.807, 2.05) is 24.3 Å². The van der Waals surface area contributed by atoms with Crippen molar-refractivity contribution < 1.29 is 4.39 Å². The maximum absolute atomic E-state index is 14.1. The zero-order chi connectivity index (χ0) is 14.5. The van der Waals surface area contributed by atoms with Gasteiger partial charge in [-0.2, -0.15) is 0 Å². The fraction of sp³-hybridized carbons (Fsp3) is 0.143. The van der Waals surface area contributed by atoms with E-state index in [0.717, 1.165) is 9.37 Å². The average molecular weight is 420 g/mol. The zero-order valence-electron chi connectivity index (χ0n) is 10.4. The van der Waals surface area contributed by atoms with Gasteiger partial charge in [0.2, 0.25) is 0 Å². The molecule has 3 N–H and O–H groups in total. The molecule has 0 aliphatic heterocycles. The van der Waals surface area contributed by atoms with Crippen molar-refractivity contribution >= 4 is 43.6 Å². The summed E-state index contributed by atoms with van der Waals surface area (Å²) in [6, 6.07) is 13.0. The van der Waals surface area contributed by atoms with E-state index in [1.54, 1.807) is 30.0 Å². The Hall–Kier alpha value is -0.400. The Morgan fingerprint density at radius 1 is 1.15 bits per heavy atom. The molecule has 0 aromatic heterocycles. The number of benzene rings is 2. The predicted molar refractivity (Wildman–Crippen MR) is 89.0 cm³/mol. The van der Waals surface area contributed by atoms with Gasteiger partial charge in [-0.05, 0) is 46.3 Å². The Morgan fingerprint density at radius 2 is 1.85 bits per heavy atom. The topological polar surface area (TPSA) is 38.0 Å². The Morgan fingerprint density at radius 3 is 2.50 bits per heavy atom. The van der Waals surface area contributed by atoms with Crippen molar-refractivity contribution in [3.05, 3.63) is 62.8 Å². The molecule has 2 rings (SSSR count). The summed E-state index contributed by atoms with van der Waals surface area (Å²) in [5.41, 5.74) is 3.24. The van der Waals surface area contributed by atoms with Gasteiger partial charge in [-0.15, -0.1) is 11.8 Å². The van der Waals surface area contributed by atoms with Crippen LogP contribution in [0, 0.1) is 5.82 Å². The van der Waals surface area contributed by atoms with E-state index < -0.39 is 0 Å². The van der Waals surface area contributed by atoms with Gasteiger partial charge in [0.05, 0.1) is 10.5 Å². The van der Waals surface area contributed by atoms with E-state index in [1.165, 1.54) is 0 Å². The first-order valence-electron chi connectivity index (χ1n) is 5.90. The molecule has 6 heteroatoms. The molecular formula is C14H13Br2FN2S. The number of hydrazine groups is 1. The van der Waals surface area contributed by atoms with Crippen molar-refractivity contribution in [3.8, 4) is 0 Å². The highest BCUT2D eigenvalue weighted by Crippen LogP contribution is 2.29. The summed E-state index contributed by atoms with van der Waals surface area (Å²) in [7, 11) is 0. The minimum absolute atomic E-state index is 0.249. The first-order chi connectivity index (χ1) is 9.61. The molecule has 0 saturated carbocycles. The average Bonchev–Trinajstić information content (AvgIpc) is 2.45. The van der Waals surface area contributed by atoms with Crippen LogP contribution in [-0.4, -0.2) is 5.75 Å². The quantitative estimate of drug-likeness (QED) is 0.421. The van der Waals surface area contributed by atoms with Crippen molar-refractivity contribution in [2.45, 2.75) is 10.9 Å². The highest BCUT2D eigenvalue weighted by molar-refractivity contribution is 9.10. The third-order valence-corrected chi connectivity index (χ3v) is 5.03. The second kappa shape index (κ2) is 7.56. The van der Waals surface area contributed by atoms with Gasteiger partial charge in [0.25, 0.3) is 0 Å². The van der Waals surface area contributed by atoms with Gasteiger partial charge >= 0.3 is 0 Å². The summed E-state index contributed by atoms with van der Waals surface area (Å²) < 4.78 is 15.5. The number of thioether (sulfide) groups is 1. The highest BCUT2D eigenvalue weighted by atomic mass is 79.9. The standard InChI is InChI=1S/C14H13Br2FN2S/c15-9-4-6-10(7-5-9)20-8-13(19-18)11-2-1-3-12(16)14(11)17/h1-7,13,19H,8,18H2. The summed E-state index contributed by atoms with van der Waals surface area (Å²) in [5, 5.41) is 0. The lowest BCUT2D eigenvalue weighted by Gasteiger charge is -2.17. The van der Waals surface area contributed by atoms with Crippen molar-refractivity contribution in [3.63, 3.8) is 0 Å². The SMILES string of the molecule is NNC(CSc1ccc(Br)cc1)c1cccc(Br)c1F. The lowest BCUT2D eigenvalue weighted by Crippen LogP contribution is -2.30. The molecule has 0 heterocycles. The summed E-state index contributed by atoms with van der Waals surface area (Å²) in [4.78, 5) is 1.11. The lowest BCUT2D eigenvalue weighted by atomic mass is 10.1. The van der Waals surface area contributed by atoms with Crippen LogP contribution in [0.3, 0.4) is 0 Å². The van der Waals surface area contributed by atoms with Gasteiger partial charge in [0.1, 0.15) is 5.82 Å². The van der Waals surface area contributed by atoms with Crippen LogP contribution in [0.1, 0.15) is 11.6 Å². The monoisotopic (exact) mass is 418 g/mol. The van der Waals surface area contributed by atoms with Crippen molar-refractivity contribution in [2.24, 2.45) is 5.84 Å². The number of rotatable bonds is 5. The Kier molecular flexibility index (Phi) is 6.04. The fourth-order valence-corrected chi connectivity index (χ4v) is 3.34. The molecule has 106 valence electrons. The molecule has 1 unspecified atom stereocenters. The number of nitrogens with two attached hydrogens (primary N) is 1. The van der Waals surface area contributed by atoms with E-state index in [-0.39, 0.29) is 11.9 Å². The van der Waals surface area contributed by atoms with Gasteiger partial charge in [-0.25, -0.2) is 4.39 Å². The molecule has 1 atom stereocenters. The second-order valence-electron chi connectivity index (χ2n) is 4.13. The van der Waals surface area contributed by atoms with Crippen LogP contribution in [0.25, 0.3) is 0 Å². The maximum atomic E-state index is 14.1. The fourth-order valence-electron chi connectivity index (χ4n) is 1.73. The normalized spacial score (nSPS) is 12.4.